The lowest BCUT2D eigenvalue weighted by Crippen LogP contribution is -2.33. The maximum Gasteiger partial charge on any atom is 0.128 e. The van der Waals surface area contributed by atoms with Crippen LogP contribution in [-0.4, -0.2) is 0 Å². The van der Waals surface area contributed by atoms with E-state index in [4.69, 9.17) is 5.84 Å². The molecule has 0 radical (unpaired) electrons. The summed E-state index contributed by atoms with van der Waals surface area (Å²) in [7, 11) is 0. The van der Waals surface area contributed by atoms with Crippen LogP contribution in [0.1, 0.15) is 37.3 Å². The molecule has 0 bridgehead atoms. The van der Waals surface area contributed by atoms with Crippen molar-refractivity contribution in [2.75, 3.05) is 0 Å². The Labute approximate surface area is 93.8 Å². The molecule has 1 aromatic carbocycles. The quantitative estimate of drug-likeness (QED) is 0.614. The van der Waals surface area contributed by atoms with Gasteiger partial charge in [0.25, 0.3) is 0 Å². The number of hydrogen-bond acceptors (Lipinski definition) is 2. The maximum atomic E-state index is 13.6. The van der Waals surface area contributed by atoms with Gasteiger partial charge in [-0.1, -0.05) is 12.8 Å². The third kappa shape index (κ3) is 2.23. The van der Waals surface area contributed by atoms with Gasteiger partial charge in [0.15, 0.2) is 0 Å². The van der Waals surface area contributed by atoms with Crippen molar-refractivity contribution in [1.29, 1.82) is 0 Å². The van der Waals surface area contributed by atoms with Crippen molar-refractivity contribution in [2.24, 2.45) is 11.8 Å². The highest BCUT2D eigenvalue weighted by molar-refractivity contribution is 5.23. The lowest BCUT2D eigenvalue weighted by atomic mass is 9.92. The molecule has 2 nitrogen and oxygen atoms in total. The van der Waals surface area contributed by atoms with Crippen molar-refractivity contribution in [3.05, 3.63) is 35.4 Å². The van der Waals surface area contributed by atoms with Gasteiger partial charge < -0.3 is 0 Å². The molecule has 0 heterocycles. The average Bonchev–Trinajstić information content (AvgIpc) is 2.78. The van der Waals surface area contributed by atoms with Gasteiger partial charge >= 0.3 is 0 Å². The minimum Gasteiger partial charge on any atom is -0.271 e. The fourth-order valence-corrected chi connectivity index (χ4v) is 2.52. The van der Waals surface area contributed by atoms with Gasteiger partial charge in [0, 0.05) is 5.56 Å². The van der Waals surface area contributed by atoms with Crippen LogP contribution in [0.4, 0.5) is 8.78 Å². The van der Waals surface area contributed by atoms with Crippen molar-refractivity contribution in [3.63, 3.8) is 0 Å². The third-order valence-corrected chi connectivity index (χ3v) is 3.34. The highest BCUT2D eigenvalue weighted by atomic mass is 19.1. The molecule has 88 valence electrons. The summed E-state index contributed by atoms with van der Waals surface area (Å²) in [4.78, 5) is 0. The van der Waals surface area contributed by atoms with Crippen molar-refractivity contribution >= 4 is 0 Å². The van der Waals surface area contributed by atoms with E-state index in [9.17, 15) is 8.78 Å². The number of hydrazine groups is 1. The smallest absolute Gasteiger partial charge is 0.128 e. The van der Waals surface area contributed by atoms with E-state index in [1.807, 2.05) is 0 Å². The first-order chi connectivity index (χ1) is 7.72. The van der Waals surface area contributed by atoms with Crippen molar-refractivity contribution in [2.45, 2.75) is 31.7 Å². The van der Waals surface area contributed by atoms with Crippen LogP contribution in [0.5, 0.6) is 0 Å². The second kappa shape index (κ2) is 4.89. The minimum atomic E-state index is -0.422. The highest BCUT2D eigenvalue weighted by Crippen LogP contribution is 2.36. The van der Waals surface area contributed by atoms with Crippen LogP contribution in [0.15, 0.2) is 18.2 Å². The molecule has 1 aliphatic carbocycles. The van der Waals surface area contributed by atoms with E-state index >= 15 is 0 Å². The number of rotatable bonds is 3. The summed E-state index contributed by atoms with van der Waals surface area (Å²) in [6.07, 6.45) is 4.31. The van der Waals surface area contributed by atoms with Gasteiger partial charge in [0.1, 0.15) is 11.6 Å². The van der Waals surface area contributed by atoms with E-state index < -0.39 is 11.6 Å². The van der Waals surface area contributed by atoms with Crippen LogP contribution in [0, 0.1) is 17.6 Å². The summed E-state index contributed by atoms with van der Waals surface area (Å²) < 4.78 is 26.7. The Morgan fingerprint density at radius 1 is 1.25 bits per heavy atom. The van der Waals surface area contributed by atoms with Gasteiger partial charge in [-0.15, -0.1) is 0 Å². The third-order valence-electron chi connectivity index (χ3n) is 3.34. The Balaban J connectivity index is 2.28. The predicted octanol–water partition coefficient (Wildman–Crippen LogP) is 2.66. The molecule has 16 heavy (non-hydrogen) atoms. The molecule has 0 amide bonds. The van der Waals surface area contributed by atoms with E-state index in [0.717, 1.165) is 37.8 Å². The number of nitrogens with two attached hydrogens (primary N) is 1. The first-order valence-electron chi connectivity index (χ1n) is 5.63. The van der Waals surface area contributed by atoms with Crippen LogP contribution in [0.3, 0.4) is 0 Å². The highest BCUT2D eigenvalue weighted by Gasteiger charge is 2.27. The maximum absolute atomic E-state index is 13.6. The zero-order valence-electron chi connectivity index (χ0n) is 9.05. The molecule has 1 aliphatic rings. The second-order valence-corrected chi connectivity index (χ2v) is 4.35. The van der Waals surface area contributed by atoms with Crippen LogP contribution in [-0.2, 0) is 0 Å². The standard InChI is InChI=1S/C12H16F2N2/c13-9-5-6-11(14)10(7-9)12(16-15)8-3-1-2-4-8/h5-8,12,16H,1-4,15H2. The first-order valence-corrected chi connectivity index (χ1v) is 5.63. The van der Waals surface area contributed by atoms with Crippen LogP contribution in [0.2, 0.25) is 0 Å². The molecule has 0 aromatic heterocycles. The summed E-state index contributed by atoms with van der Waals surface area (Å²) in [5.41, 5.74) is 2.96. The van der Waals surface area contributed by atoms with Crippen molar-refractivity contribution < 1.29 is 8.78 Å². The van der Waals surface area contributed by atoms with Gasteiger partial charge in [-0.2, -0.15) is 0 Å². The number of benzene rings is 1. The van der Waals surface area contributed by atoms with E-state index in [1.165, 1.54) is 6.07 Å². The predicted molar refractivity (Wildman–Crippen MR) is 58.4 cm³/mol. The average molecular weight is 226 g/mol. The molecule has 0 aliphatic heterocycles. The monoisotopic (exact) mass is 226 g/mol. The Kier molecular flexibility index (Phi) is 3.51. The molecule has 3 N–H and O–H groups in total. The fourth-order valence-electron chi connectivity index (χ4n) is 2.52. The minimum absolute atomic E-state index is 0.279. The lowest BCUT2D eigenvalue weighted by Gasteiger charge is -2.23. The van der Waals surface area contributed by atoms with Gasteiger partial charge in [0.2, 0.25) is 0 Å². The second-order valence-electron chi connectivity index (χ2n) is 4.35. The first kappa shape index (κ1) is 11.5. The molecule has 1 fully saturated rings. The van der Waals surface area contributed by atoms with Gasteiger partial charge in [-0.3, -0.25) is 11.3 Å². The molecule has 0 saturated heterocycles. The van der Waals surface area contributed by atoms with E-state index in [0.29, 0.717) is 11.5 Å². The van der Waals surface area contributed by atoms with Gasteiger partial charge in [0.05, 0.1) is 6.04 Å². The number of nitrogens with one attached hydrogen (secondary N) is 1. The van der Waals surface area contributed by atoms with Crippen molar-refractivity contribution in [1.82, 2.24) is 5.43 Å². The van der Waals surface area contributed by atoms with Gasteiger partial charge in [-0.25, -0.2) is 8.78 Å². The topological polar surface area (TPSA) is 38.0 Å². The molecule has 0 spiro atoms. The van der Waals surface area contributed by atoms with Crippen LogP contribution >= 0.6 is 0 Å². The van der Waals surface area contributed by atoms with Gasteiger partial charge in [-0.05, 0) is 37.0 Å². The lowest BCUT2D eigenvalue weighted by molar-refractivity contribution is 0.360. The van der Waals surface area contributed by atoms with E-state index in [-0.39, 0.29) is 6.04 Å². The molecule has 1 saturated carbocycles. The van der Waals surface area contributed by atoms with Crippen molar-refractivity contribution in [3.8, 4) is 0 Å². The summed E-state index contributed by atoms with van der Waals surface area (Å²) in [5.74, 6) is 4.96. The molecule has 1 unspecified atom stereocenters. The molecular weight excluding hydrogens is 210 g/mol. The van der Waals surface area contributed by atoms with Crippen LogP contribution < -0.4 is 11.3 Å². The Morgan fingerprint density at radius 2 is 1.94 bits per heavy atom. The van der Waals surface area contributed by atoms with E-state index in [1.54, 1.807) is 0 Å². The Morgan fingerprint density at radius 3 is 2.56 bits per heavy atom. The molecule has 1 aromatic rings. The van der Waals surface area contributed by atoms with E-state index in [2.05, 4.69) is 5.43 Å². The molecular formula is C12H16F2N2. The zero-order valence-corrected chi connectivity index (χ0v) is 9.05. The molecule has 2 rings (SSSR count). The molecule has 1 atom stereocenters. The largest absolute Gasteiger partial charge is 0.271 e. The Hall–Kier alpha value is -1.00. The summed E-state index contributed by atoms with van der Waals surface area (Å²) in [6, 6.07) is 3.24. The fraction of sp³-hybridized carbons (Fsp3) is 0.500. The number of halogens is 2. The summed E-state index contributed by atoms with van der Waals surface area (Å²) in [5, 5.41) is 0. The Bertz CT molecular complexity index is 362. The number of hydrogen-bond donors (Lipinski definition) is 2. The summed E-state index contributed by atoms with van der Waals surface area (Å²) >= 11 is 0. The molecule has 4 heteroatoms. The SMILES string of the molecule is NNC(c1cc(F)ccc1F)C1CCCC1. The normalized spacial score (nSPS) is 18.9. The summed E-state index contributed by atoms with van der Waals surface area (Å²) in [6.45, 7) is 0. The zero-order chi connectivity index (χ0) is 11.5. The van der Waals surface area contributed by atoms with Crippen LogP contribution in [0.25, 0.3) is 0 Å².